The maximum absolute atomic E-state index is 4.87. The van der Waals surface area contributed by atoms with Crippen LogP contribution in [-0.2, 0) is 6.54 Å². The van der Waals surface area contributed by atoms with E-state index in [1.807, 2.05) is 0 Å². The van der Waals surface area contributed by atoms with Gasteiger partial charge in [0, 0.05) is 6.54 Å². The molecule has 0 aliphatic carbocycles. The molecule has 24 heavy (non-hydrogen) atoms. The average molecular weight is 332 g/mol. The van der Waals surface area contributed by atoms with Crippen molar-refractivity contribution in [3.63, 3.8) is 0 Å². The molecule has 4 aromatic rings. The molecule has 0 bridgehead atoms. The summed E-state index contributed by atoms with van der Waals surface area (Å²) in [5, 5.41) is 2.11. The third-order valence-electron chi connectivity index (χ3n) is 4.38. The molecule has 0 aliphatic heterocycles. The van der Waals surface area contributed by atoms with Crippen molar-refractivity contribution in [2.24, 2.45) is 0 Å². The minimum absolute atomic E-state index is 0.565. The van der Waals surface area contributed by atoms with E-state index in [4.69, 9.17) is 4.98 Å². The highest BCUT2D eigenvalue weighted by Gasteiger charge is 2.13. The Kier molecular flexibility index (Phi) is 3.95. The van der Waals surface area contributed by atoms with Gasteiger partial charge in [0.1, 0.15) is 0 Å². The molecule has 0 aliphatic rings. The predicted molar refractivity (Wildman–Crippen MR) is 103 cm³/mol. The first kappa shape index (κ1) is 15.2. The summed E-state index contributed by atoms with van der Waals surface area (Å²) >= 11 is 1.74. The Hall–Kier alpha value is -2.39. The monoisotopic (exact) mass is 332 g/mol. The predicted octanol–water partition coefficient (Wildman–Crippen LogP) is 5.94. The van der Waals surface area contributed by atoms with Gasteiger partial charge < -0.3 is 4.57 Å². The number of aromatic nitrogens is 2. The zero-order chi connectivity index (χ0) is 16.5. The number of imidazole rings is 1. The first-order valence-corrected chi connectivity index (χ1v) is 9.18. The Balaban J connectivity index is 1.79. The molecule has 0 unspecified atom stereocenters. The van der Waals surface area contributed by atoms with E-state index in [9.17, 15) is 0 Å². The summed E-state index contributed by atoms with van der Waals surface area (Å²) in [5.41, 5.74) is 4.93. The molecular weight excluding hydrogens is 312 g/mol. The summed E-state index contributed by atoms with van der Waals surface area (Å²) in [5.74, 6) is 1.62. The molecule has 120 valence electrons. The highest BCUT2D eigenvalue weighted by atomic mass is 32.1. The largest absolute Gasteiger partial charge is 0.319 e. The van der Waals surface area contributed by atoms with E-state index in [0.29, 0.717) is 5.92 Å². The molecular formula is C21H20N2S. The fourth-order valence-electron chi connectivity index (χ4n) is 3.02. The first-order chi connectivity index (χ1) is 11.7. The average Bonchev–Trinajstić information content (AvgIpc) is 3.23. The second-order valence-corrected chi connectivity index (χ2v) is 7.33. The van der Waals surface area contributed by atoms with Crippen LogP contribution in [0.4, 0.5) is 0 Å². The van der Waals surface area contributed by atoms with Gasteiger partial charge in [0.25, 0.3) is 0 Å². The standard InChI is InChI=1S/C21H20N2S/c1-15(2)17-11-9-16(10-12-17)14-23-19-7-4-3-6-18(19)22-21(23)20-8-5-13-24-20/h3-13,15H,14H2,1-2H3. The van der Waals surface area contributed by atoms with Crippen LogP contribution in [0.15, 0.2) is 66.0 Å². The van der Waals surface area contributed by atoms with E-state index < -0.39 is 0 Å². The number of para-hydroxylation sites is 2. The van der Waals surface area contributed by atoms with Gasteiger partial charge in [-0.3, -0.25) is 0 Å². The number of hydrogen-bond donors (Lipinski definition) is 0. The lowest BCUT2D eigenvalue weighted by Gasteiger charge is -2.10. The molecule has 2 aromatic carbocycles. The first-order valence-electron chi connectivity index (χ1n) is 8.30. The molecule has 2 nitrogen and oxygen atoms in total. The summed E-state index contributed by atoms with van der Waals surface area (Å²) in [6, 6.07) is 21.6. The molecule has 4 rings (SSSR count). The Bertz CT molecular complexity index is 947. The van der Waals surface area contributed by atoms with Gasteiger partial charge in [-0.1, -0.05) is 56.3 Å². The van der Waals surface area contributed by atoms with Crippen molar-refractivity contribution in [3.8, 4) is 10.7 Å². The third kappa shape index (κ3) is 2.76. The van der Waals surface area contributed by atoms with Crippen LogP contribution < -0.4 is 0 Å². The van der Waals surface area contributed by atoms with Crippen LogP contribution in [0.1, 0.15) is 30.9 Å². The molecule has 2 aromatic heterocycles. The van der Waals surface area contributed by atoms with E-state index >= 15 is 0 Å². The number of nitrogens with zero attached hydrogens (tertiary/aromatic N) is 2. The van der Waals surface area contributed by atoms with Crippen LogP contribution in [0, 0.1) is 0 Å². The smallest absolute Gasteiger partial charge is 0.151 e. The minimum atomic E-state index is 0.565. The van der Waals surface area contributed by atoms with Gasteiger partial charge >= 0.3 is 0 Å². The second kappa shape index (κ2) is 6.25. The molecule has 0 amide bonds. The molecule has 0 fully saturated rings. The quantitative estimate of drug-likeness (QED) is 0.452. The van der Waals surface area contributed by atoms with Crippen molar-refractivity contribution < 1.29 is 0 Å². The van der Waals surface area contributed by atoms with E-state index in [0.717, 1.165) is 17.9 Å². The van der Waals surface area contributed by atoms with Crippen molar-refractivity contribution in [1.82, 2.24) is 9.55 Å². The number of thiophene rings is 1. The van der Waals surface area contributed by atoms with E-state index in [2.05, 4.69) is 84.5 Å². The molecule has 0 spiro atoms. The summed E-state index contributed by atoms with van der Waals surface area (Å²) in [4.78, 5) is 6.08. The number of benzene rings is 2. The summed E-state index contributed by atoms with van der Waals surface area (Å²) in [6.45, 7) is 5.30. The number of fused-ring (bicyclic) bond motifs is 1. The van der Waals surface area contributed by atoms with Crippen LogP contribution in [0.25, 0.3) is 21.7 Å². The maximum Gasteiger partial charge on any atom is 0.151 e. The van der Waals surface area contributed by atoms with Crippen molar-refractivity contribution in [2.45, 2.75) is 26.3 Å². The third-order valence-corrected chi connectivity index (χ3v) is 5.25. The van der Waals surface area contributed by atoms with Gasteiger partial charge in [0.2, 0.25) is 0 Å². The lowest BCUT2D eigenvalue weighted by atomic mass is 10.0. The normalized spacial score (nSPS) is 11.5. The highest BCUT2D eigenvalue weighted by Crippen LogP contribution is 2.29. The van der Waals surface area contributed by atoms with E-state index in [1.54, 1.807) is 11.3 Å². The Morgan fingerprint density at radius 3 is 2.46 bits per heavy atom. The van der Waals surface area contributed by atoms with Crippen molar-refractivity contribution in [3.05, 3.63) is 77.2 Å². The molecule has 0 atom stereocenters. The van der Waals surface area contributed by atoms with Crippen molar-refractivity contribution >= 4 is 22.4 Å². The summed E-state index contributed by atoms with van der Waals surface area (Å²) in [7, 11) is 0. The second-order valence-electron chi connectivity index (χ2n) is 6.38. The fourth-order valence-corrected chi connectivity index (χ4v) is 3.74. The fraction of sp³-hybridized carbons (Fsp3) is 0.190. The number of rotatable bonds is 4. The molecule has 0 saturated heterocycles. The van der Waals surface area contributed by atoms with E-state index in [-0.39, 0.29) is 0 Å². The van der Waals surface area contributed by atoms with Crippen molar-refractivity contribution in [2.75, 3.05) is 0 Å². The molecule has 2 heterocycles. The lowest BCUT2D eigenvalue weighted by molar-refractivity contribution is 0.828. The van der Waals surface area contributed by atoms with Gasteiger partial charge in [-0.25, -0.2) is 4.98 Å². The van der Waals surface area contributed by atoms with Gasteiger partial charge in [-0.05, 0) is 40.6 Å². The summed E-state index contributed by atoms with van der Waals surface area (Å²) < 4.78 is 2.32. The molecule has 0 saturated carbocycles. The zero-order valence-corrected chi connectivity index (χ0v) is 14.8. The van der Waals surface area contributed by atoms with Crippen LogP contribution >= 0.6 is 11.3 Å². The van der Waals surface area contributed by atoms with Gasteiger partial charge in [-0.15, -0.1) is 11.3 Å². The van der Waals surface area contributed by atoms with Crippen LogP contribution in [0.2, 0.25) is 0 Å². The molecule has 0 N–H and O–H groups in total. The Morgan fingerprint density at radius 2 is 1.75 bits per heavy atom. The maximum atomic E-state index is 4.87. The SMILES string of the molecule is CC(C)c1ccc(Cn2c(-c3cccs3)nc3ccccc32)cc1. The lowest BCUT2D eigenvalue weighted by Crippen LogP contribution is -2.02. The highest BCUT2D eigenvalue weighted by molar-refractivity contribution is 7.13. The minimum Gasteiger partial charge on any atom is -0.319 e. The Labute approximate surface area is 146 Å². The number of hydrogen-bond acceptors (Lipinski definition) is 2. The molecule has 0 radical (unpaired) electrons. The Morgan fingerprint density at radius 1 is 0.958 bits per heavy atom. The van der Waals surface area contributed by atoms with Crippen LogP contribution in [-0.4, -0.2) is 9.55 Å². The summed E-state index contributed by atoms with van der Waals surface area (Å²) in [6.07, 6.45) is 0. The van der Waals surface area contributed by atoms with Crippen LogP contribution in [0.5, 0.6) is 0 Å². The topological polar surface area (TPSA) is 17.8 Å². The molecule has 3 heteroatoms. The van der Waals surface area contributed by atoms with Crippen molar-refractivity contribution in [1.29, 1.82) is 0 Å². The zero-order valence-electron chi connectivity index (χ0n) is 13.9. The van der Waals surface area contributed by atoms with Crippen LogP contribution in [0.3, 0.4) is 0 Å². The van der Waals surface area contributed by atoms with E-state index in [1.165, 1.54) is 21.5 Å². The van der Waals surface area contributed by atoms with Gasteiger partial charge in [0.05, 0.1) is 15.9 Å². The van der Waals surface area contributed by atoms with Gasteiger partial charge in [0.15, 0.2) is 5.82 Å². The van der Waals surface area contributed by atoms with Gasteiger partial charge in [-0.2, -0.15) is 0 Å².